The first-order chi connectivity index (χ1) is 33.3. The van der Waals surface area contributed by atoms with Crippen LogP contribution in [0.1, 0.15) is 113 Å². The molecule has 1 heterocycles. The maximum Gasteiger partial charge on any atom is 0.243 e. The lowest BCUT2D eigenvalue weighted by Gasteiger charge is -2.19. The molecule has 69 heavy (non-hydrogen) atoms. The molecule has 21 heteroatoms. The van der Waals surface area contributed by atoms with E-state index in [1.807, 2.05) is 27.7 Å². The fraction of sp³-hybridized carbons (Fsp3) is 0.854. The Balaban J connectivity index is 0. The zero-order chi connectivity index (χ0) is 51.9. The Kier molecular flexibility index (Phi) is 46.6. The lowest BCUT2D eigenvalue weighted by atomic mass is 9.94. The molecule has 21 nitrogen and oxygen atoms in total. The van der Waals surface area contributed by atoms with Crippen molar-refractivity contribution in [2.24, 2.45) is 11.8 Å². The summed E-state index contributed by atoms with van der Waals surface area (Å²) in [5.74, 6) is -2.56. The summed E-state index contributed by atoms with van der Waals surface area (Å²) in [7, 11) is 3.07. The second-order valence-electron chi connectivity index (χ2n) is 16.1. The van der Waals surface area contributed by atoms with Gasteiger partial charge in [0.1, 0.15) is 12.1 Å². The van der Waals surface area contributed by atoms with Crippen molar-refractivity contribution in [3.63, 3.8) is 0 Å². The van der Waals surface area contributed by atoms with E-state index in [9.17, 15) is 33.6 Å². The van der Waals surface area contributed by atoms with Gasteiger partial charge < -0.3 is 64.5 Å². The van der Waals surface area contributed by atoms with Crippen LogP contribution in [0.4, 0.5) is 0 Å². The Morgan fingerprint density at radius 2 is 1.09 bits per heavy atom. The molecule has 0 aromatic heterocycles. The summed E-state index contributed by atoms with van der Waals surface area (Å²) >= 11 is 0. The number of ether oxygens (including phenoxy) is 8. The van der Waals surface area contributed by atoms with E-state index in [4.69, 9.17) is 37.9 Å². The van der Waals surface area contributed by atoms with Crippen LogP contribution >= 0.6 is 0 Å². The molecule has 404 valence electrons. The fourth-order valence-electron chi connectivity index (χ4n) is 6.12. The summed E-state index contributed by atoms with van der Waals surface area (Å²) in [4.78, 5) is 88.5. The molecule has 7 amide bonds. The molecule has 1 aliphatic rings. The van der Waals surface area contributed by atoms with E-state index < -0.39 is 36.3 Å². The Bertz CT molecular complexity index is 1350. The van der Waals surface area contributed by atoms with Crippen molar-refractivity contribution in [1.82, 2.24) is 31.5 Å². The van der Waals surface area contributed by atoms with E-state index in [-0.39, 0.29) is 67.8 Å². The molecule has 3 atom stereocenters. The van der Waals surface area contributed by atoms with Gasteiger partial charge in [0.25, 0.3) is 0 Å². The highest BCUT2D eigenvalue weighted by Gasteiger charge is 2.39. The molecule has 0 bridgehead atoms. The molecule has 1 rings (SSSR count). The summed E-state index contributed by atoms with van der Waals surface area (Å²) in [6, 6.07) is -1.74. The Labute approximate surface area is 412 Å². The first kappa shape index (κ1) is 67.2. The van der Waals surface area contributed by atoms with Crippen LogP contribution in [0.25, 0.3) is 0 Å². The third-order valence-electron chi connectivity index (χ3n) is 9.84. The van der Waals surface area contributed by atoms with Crippen molar-refractivity contribution in [3.8, 4) is 0 Å². The van der Waals surface area contributed by atoms with Gasteiger partial charge in [-0.3, -0.25) is 38.5 Å². The first-order valence-corrected chi connectivity index (χ1v) is 25.0. The standard InChI is InChI=1S/C43H78N6O15.C3H8.C2H6/c1-33(2)35-31-40(53)49(43(35)56)15-10-6-7-12-38(51)48-36(42(55)46-32-39(52)47-34(3)41(54)44-4)11-8-9-14-45-37(50)13-16-58-19-20-60-23-24-62-27-28-64-30-29-63-26-25-61-22-21-59-18-17-57-5;1-3-2;1-2/h33-36H,6-32H2,1-5H3,(H,44,54)(H,45,50)(H,46,55)(H,47,52)(H,48,51);3H2,1-2H3;1-2H3. The van der Waals surface area contributed by atoms with Gasteiger partial charge in [0.15, 0.2) is 0 Å². The Morgan fingerprint density at radius 3 is 1.55 bits per heavy atom. The number of carbonyl (C=O) groups excluding carboxylic acids is 7. The van der Waals surface area contributed by atoms with E-state index in [1.165, 1.54) is 25.3 Å². The van der Waals surface area contributed by atoms with Gasteiger partial charge in [-0.2, -0.15) is 0 Å². The highest BCUT2D eigenvalue weighted by Crippen LogP contribution is 2.26. The number of likely N-dealkylation sites (tertiary alicyclic amines) is 1. The van der Waals surface area contributed by atoms with Crippen LogP contribution in [-0.4, -0.2) is 191 Å². The molecular formula is C48H92N6O15. The number of hydrogen-bond donors (Lipinski definition) is 5. The van der Waals surface area contributed by atoms with E-state index >= 15 is 0 Å². The predicted octanol–water partition coefficient (Wildman–Crippen LogP) is 2.31. The summed E-state index contributed by atoms with van der Waals surface area (Å²) in [6.45, 7) is 20.6. The van der Waals surface area contributed by atoms with Crippen LogP contribution in [0.5, 0.6) is 0 Å². The van der Waals surface area contributed by atoms with E-state index in [2.05, 4.69) is 40.4 Å². The maximum absolute atomic E-state index is 13.1. The van der Waals surface area contributed by atoms with E-state index in [0.717, 1.165) is 0 Å². The molecule has 1 saturated heterocycles. The van der Waals surface area contributed by atoms with Gasteiger partial charge in [-0.25, -0.2) is 0 Å². The lowest BCUT2D eigenvalue weighted by molar-refractivity contribution is -0.140. The third kappa shape index (κ3) is 38.6. The van der Waals surface area contributed by atoms with Crippen LogP contribution < -0.4 is 26.6 Å². The number of amides is 7. The quantitative estimate of drug-likeness (QED) is 0.0435. The topological polar surface area (TPSA) is 257 Å². The van der Waals surface area contributed by atoms with Gasteiger partial charge in [-0.1, -0.05) is 54.4 Å². The van der Waals surface area contributed by atoms with Gasteiger partial charge in [-0.15, -0.1) is 0 Å². The van der Waals surface area contributed by atoms with Crippen molar-refractivity contribution in [2.45, 2.75) is 125 Å². The monoisotopic (exact) mass is 993 g/mol. The minimum atomic E-state index is -0.938. The zero-order valence-electron chi connectivity index (χ0n) is 43.7. The average Bonchev–Trinajstić information content (AvgIpc) is 3.62. The van der Waals surface area contributed by atoms with Crippen molar-refractivity contribution < 1.29 is 71.5 Å². The Morgan fingerprint density at radius 1 is 0.594 bits per heavy atom. The van der Waals surface area contributed by atoms with Gasteiger partial charge in [0, 0.05) is 52.4 Å². The highest BCUT2D eigenvalue weighted by atomic mass is 16.6. The number of rotatable bonds is 42. The molecule has 0 aromatic rings. The smallest absolute Gasteiger partial charge is 0.243 e. The van der Waals surface area contributed by atoms with Crippen molar-refractivity contribution in [3.05, 3.63) is 0 Å². The number of imide groups is 1. The van der Waals surface area contributed by atoms with Crippen LogP contribution in [0.3, 0.4) is 0 Å². The average molecular weight is 993 g/mol. The van der Waals surface area contributed by atoms with E-state index in [1.54, 1.807) is 7.11 Å². The second kappa shape index (κ2) is 47.8. The summed E-state index contributed by atoms with van der Waals surface area (Å²) in [5.41, 5.74) is 0. The maximum atomic E-state index is 13.1. The predicted molar refractivity (Wildman–Crippen MR) is 261 cm³/mol. The van der Waals surface area contributed by atoms with Gasteiger partial charge >= 0.3 is 0 Å². The SMILES string of the molecule is CC.CCC.CNC(=O)C(C)NC(=O)CNC(=O)C(CCCCNC(=O)CCOCCOCCOCCOCCOCCOCCOCCOC)NC(=O)CCCCCN1C(=O)CC(C(C)C)C1=O. The van der Waals surface area contributed by atoms with Crippen molar-refractivity contribution >= 4 is 41.4 Å². The fourth-order valence-corrected chi connectivity index (χ4v) is 6.12. The number of unbranched alkanes of at least 4 members (excludes halogenated alkanes) is 3. The summed E-state index contributed by atoms with van der Waals surface area (Å²) in [6.07, 6.45) is 4.70. The largest absolute Gasteiger partial charge is 0.382 e. The van der Waals surface area contributed by atoms with Crippen molar-refractivity contribution in [1.29, 1.82) is 0 Å². The molecular weight excluding hydrogens is 901 g/mol. The van der Waals surface area contributed by atoms with Gasteiger partial charge in [-0.05, 0) is 44.9 Å². The number of nitrogens with zero attached hydrogens (tertiary/aromatic N) is 1. The number of likely N-dealkylation sites (N-methyl/N-ethyl adjacent to an activating group) is 1. The van der Waals surface area contributed by atoms with Crippen LogP contribution in [-0.2, 0) is 71.5 Å². The molecule has 0 saturated carbocycles. The summed E-state index contributed by atoms with van der Waals surface area (Å²) < 4.78 is 43.0. The van der Waals surface area contributed by atoms with Crippen molar-refractivity contribution in [2.75, 3.05) is 133 Å². The zero-order valence-corrected chi connectivity index (χ0v) is 43.7. The molecule has 5 N–H and O–H groups in total. The molecule has 1 fully saturated rings. The molecule has 0 spiro atoms. The van der Waals surface area contributed by atoms with Crippen LogP contribution in [0.2, 0.25) is 0 Å². The number of methoxy groups -OCH3 is 1. The number of nitrogens with one attached hydrogen (secondary N) is 5. The van der Waals surface area contributed by atoms with Crippen LogP contribution in [0, 0.1) is 11.8 Å². The van der Waals surface area contributed by atoms with Gasteiger partial charge in [0.2, 0.25) is 41.4 Å². The lowest BCUT2D eigenvalue weighted by Crippen LogP contribution is -2.51. The second-order valence-corrected chi connectivity index (χ2v) is 16.1. The first-order valence-electron chi connectivity index (χ1n) is 25.0. The molecule has 0 aromatic carbocycles. The normalized spacial score (nSPS) is 14.0. The van der Waals surface area contributed by atoms with Gasteiger partial charge in [0.05, 0.1) is 106 Å². The number of hydrogen-bond acceptors (Lipinski definition) is 15. The number of carbonyl (C=O) groups is 7. The molecule has 1 aliphatic heterocycles. The molecule has 0 radical (unpaired) electrons. The highest BCUT2D eigenvalue weighted by molar-refractivity contribution is 6.03. The third-order valence-corrected chi connectivity index (χ3v) is 9.84. The minimum Gasteiger partial charge on any atom is -0.382 e. The molecule has 0 aliphatic carbocycles. The Hall–Kier alpha value is -3.83. The van der Waals surface area contributed by atoms with Crippen LogP contribution in [0.15, 0.2) is 0 Å². The van der Waals surface area contributed by atoms with E-state index in [0.29, 0.717) is 138 Å². The molecule has 3 unspecified atom stereocenters. The minimum absolute atomic E-state index is 0.0898. The summed E-state index contributed by atoms with van der Waals surface area (Å²) in [5, 5.41) is 13.0.